The van der Waals surface area contributed by atoms with Crippen LogP contribution in [0, 0.1) is 6.85 Å². The van der Waals surface area contributed by atoms with E-state index in [0.717, 1.165) is 72.0 Å². The standard InChI is InChI=1S/C63H55N4O.CHF3O3S/c1-42-40-64-60(39-55(42)61-51(43-20-10-8-11-21-43)27-19-28-52(61)44-22-12-9-13-23-44)67-56-29-15-14-26-53(56)54-33-32-50(38-59(54)67)68-49-25-18-24-47(37-49)65-41-66(58-31-17-16-30-57(58)65)48-35-45(62(2,3)4)34-46(36-48)63(5,6)7;2-1(3,4)8(5,6)7/h8-41H,1-7H3;(H,5,6,7)/q+1;/p-1/i1D3;. The van der Waals surface area contributed by atoms with Crippen molar-refractivity contribution in [1.82, 2.24) is 14.1 Å². The second-order valence-electron chi connectivity index (χ2n) is 20.7. The minimum absolute atomic E-state index is 0.0247. The van der Waals surface area contributed by atoms with Crippen molar-refractivity contribution in [1.29, 1.82) is 0 Å². The van der Waals surface area contributed by atoms with Gasteiger partial charge in [0.25, 0.3) is 6.33 Å². The van der Waals surface area contributed by atoms with Crippen LogP contribution in [-0.2, 0) is 20.9 Å². The molecule has 0 amide bonds. The summed E-state index contributed by atoms with van der Waals surface area (Å²) in [5.41, 5.74) is 8.44. The smallest absolute Gasteiger partial charge is 0.485 e. The maximum Gasteiger partial charge on any atom is 0.485 e. The molecule has 0 saturated carbocycles. The molecule has 0 saturated heterocycles. The minimum atomic E-state index is -6.09. The average molecular weight is 1040 g/mol. The monoisotopic (exact) mass is 1040 g/mol. The fraction of sp³-hybridized carbons (Fsp3) is 0.156. The molecule has 0 aliphatic carbocycles. The number of aromatic nitrogens is 4. The molecule has 0 radical (unpaired) electrons. The highest BCUT2D eigenvalue weighted by molar-refractivity contribution is 7.86. The van der Waals surface area contributed by atoms with E-state index in [1.807, 2.05) is 78.9 Å². The normalized spacial score (nSPS) is 13.0. The molecule has 0 unspecified atom stereocenters. The van der Waals surface area contributed by atoms with E-state index in [0.29, 0.717) is 22.9 Å². The third-order valence-corrected chi connectivity index (χ3v) is 14.0. The number of hydrogen-bond donors (Lipinski definition) is 0. The first-order valence-electron chi connectivity index (χ1n) is 26.1. The Morgan fingerprint density at radius 1 is 0.579 bits per heavy atom. The van der Waals surface area contributed by atoms with Gasteiger partial charge in [-0.3, -0.25) is 4.57 Å². The van der Waals surface area contributed by atoms with E-state index < -0.39 is 22.5 Å². The summed E-state index contributed by atoms with van der Waals surface area (Å²) in [5, 5.41) is 2.07. The van der Waals surface area contributed by atoms with Gasteiger partial charge in [-0.05, 0) is 128 Å². The number of hydrogen-bond acceptors (Lipinski definition) is 5. The van der Waals surface area contributed by atoms with E-state index in [9.17, 15) is 13.2 Å². The minimum Gasteiger partial charge on any atom is -0.741 e. The van der Waals surface area contributed by atoms with E-state index >= 15 is 0 Å². The van der Waals surface area contributed by atoms with Crippen molar-refractivity contribution in [3.63, 3.8) is 0 Å². The van der Waals surface area contributed by atoms with Gasteiger partial charge in [-0.2, -0.15) is 22.3 Å². The van der Waals surface area contributed by atoms with Crippen molar-refractivity contribution in [2.24, 2.45) is 0 Å². The number of ether oxygens (including phenoxy) is 1. The Balaban J connectivity index is 0.000000818. The molecule has 11 aromatic rings. The van der Waals surface area contributed by atoms with Gasteiger partial charge in [0.05, 0.1) is 11.0 Å². The molecule has 0 N–H and O–H groups in total. The van der Waals surface area contributed by atoms with Crippen LogP contribution in [0.3, 0.4) is 0 Å². The number of rotatable bonds is 8. The van der Waals surface area contributed by atoms with Gasteiger partial charge in [0, 0.05) is 33.2 Å². The van der Waals surface area contributed by atoms with E-state index in [1.54, 1.807) is 6.20 Å². The summed E-state index contributed by atoms with van der Waals surface area (Å²) in [6, 6.07) is 66.7. The highest BCUT2D eigenvalue weighted by atomic mass is 32.2. The molecule has 3 aromatic heterocycles. The lowest BCUT2D eigenvalue weighted by Crippen LogP contribution is -2.31. The third kappa shape index (κ3) is 10.1. The lowest BCUT2D eigenvalue weighted by molar-refractivity contribution is -0.567. The van der Waals surface area contributed by atoms with E-state index in [2.05, 4.69) is 177 Å². The predicted molar refractivity (Wildman–Crippen MR) is 298 cm³/mol. The molecule has 3 heterocycles. The fourth-order valence-electron chi connectivity index (χ4n) is 9.57. The number of pyridine rings is 1. The summed E-state index contributed by atoms with van der Waals surface area (Å²) >= 11 is 0. The number of para-hydroxylation sites is 3. The van der Waals surface area contributed by atoms with Crippen LogP contribution in [0.5, 0.6) is 11.5 Å². The van der Waals surface area contributed by atoms with Gasteiger partial charge in [-0.15, -0.1) is 0 Å². The Morgan fingerprint density at radius 3 is 1.74 bits per heavy atom. The second-order valence-corrected chi connectivity index (χ2v) is 22.1. The molecule has 0 spiro atoms. The molecule has 0 atom stereocenters. The van der Waals surface area contributed by atoms with E-state index in [4.69, 9.17) is 26.8 Å². The van der Waals surface area contributed by atoms with Gasteiger partial charge in [0.2, 0.25) is 0 Å². The summed E-state index contributed by atoms with van der Waals surface area (Å²) in [6.07, 6.45) is 3.72. The third-order valence-electron chi connectivity index (χ3n) is 13.4. The van der Waals surface area contributed by atoms with Crippen LogP contribution < -0.4 is 9.30 Å². The number of aryl methyl sites for hydroxylation is 1. The number of fused-ring (bicyclic) bond motifs is 4. The second kappa shape index (κ2) is 19.8. The van der Waals surface area contributed by atoms with Gasteiger partial charge in [0.1, 0.15) is 28.7 Å². The van der Waals surface area contributed by atoms with Crippen molar-refractivity contribution in [2.75, 3.05) is 0 Å². The van der Waals surface area contributed by atoms with Gasteiger partial charge < -0.3 is 9.29 Å². The maximum absolute atomic E-state index is 10.7. The summed E-state index contributed by atoms with van der Waals surface area (Å²) in [6.45, 7) is 11.2. The number of imidazole rings is 1. The highest BCUT2D eigenvalue weighted by Crippen LogP contribution is 2.43. The van der Waals surface area contributed by atoms with E-state index in [1.165, 1.54) is 11.1 Å². The zero-order valence-corrected chi connectivity index (χ0v) is 43.4. The molecule has 11 rings (SSSR count). The first-order chi connectivity index (χ1) is 37.3. The van der Waals surface area contributed by atoms with Crippen molar-refractivity contribution in [2.45, 2.75) is 64.7 Å². The first-order valence-corrected chi connectivity index (χ1v) is 26.0. The molecular formula is C64H55F3N4O4S. The quantitative estimate of drug-likeness (QED) is 0.0859. The Morgan fingerprint density at radius 2 is 1.13 bits per heavy atom. The van der Waals surface area contributed by atoms with E-state index in [-0.39, 0.29) is 16.4 Å². The predicted octanol–water partition coefficient (Wildman–Crippen LogP) is 16.1. The van der Waals surface area contributed by atoms with Crippen LogP contribution in [0.4, 0.5) is 13.2 Å². The molecule has 0 bridgehead atoms. The number of nitrogens with zero attached hydrogens (tertiary/aromatic N) is 4. The molecule has 382 valence electrons. The van der Waals surface area contributed by atoms with Gasteiger partial charge in [0.15, 0.2) is 21.2 Å². The zero-order chi connectivity index (χ0) is 56.2. The summed E-state index contributed by atoms with van der Waals surface area (Å²) in [4.78, 5) is 4.98. The number of alkyl halides is 3. The Bertz CT molecular complexity index is 4110. The SMILES string of the molecule is O=S(=O)([O-])C(F)(F)F.[2H]C([2H])([2H])c1cnc(-n2c3ccccc3c3ccc(Oc4cccc(-n5c[n+](-c6cc(C(C)(C)C)cc(C(C)(C)C)c6)c6ccccc65)c4)cc32)cc1-c1c(-c2ccccc2)cccc1-c1ccccc1. The molecule has 0 aliphatic heterocycles. The van der Waals surface area contributed by atoms with Crippen LogP contribution in [0.15, 0.2) is 207 Å². The van der Waals surface area contributed by atoms with Gasteiger partial charge in [-0.25, -0.2) is 13.4 Å². The number of halogens is 3. The lowest BCUT2D eigenvalue weighted by atomic mass is 9.80. The van der Waals surface area contributed by atoms with Crippen LogP contribution in [0.25, 0.3) is 83.4 Å². The Hall–Kier alpha value is -8.32. The van der Waals surface area contributed by atoms with Crippen LogP contribution in [0.1, 0.15) is 62.3 Å². The van der Waals surface area contributed by atoms with Gasteiger partial charge >= 0.3 is 5.51 Å². The van der Waals surface area contributed by atoms with Gasteiger partial charge in [-0.1, -0.05) is 163 Å². The summed E-state index contributed by atoms with van der Waals surface area (Å²) in [5.74, 6) is 1.93. The van der Waals surface area contributed by atoms with Crippen LogP contribution >= 0.6 is 0 Å². The largest absolute Gasteiger partial charge is 0.741 e. The van der Waals surface area contributed by atoms with Crippen LogP contribution in [0.2, 0.25) is 0 Å². The summed E-state index contributed by atoms with van der Waals surface area (Å²) in [7, 11) is -6.09. The Labute approximate surface area is 444 Å². The van der Waals surface area contributed by atoms with Crippen LogP contribution in [-0.4, -0.2) is 32.6 Å². The van der Waals surface area contributed by atoms with Crippen molar-refractivity contribution >= 4 is 43.0 Å². The molecule has 0 fully saturated rings. The van der Waals surface area contributed by atoms with Crippen molar-refractivity contribution in [3.8, 4) is 62.1 Å². The Kier molecular flexibility index (Phi) is 12.3. The molecule has 76 heavy (non-hydrogen) atoms. The highest BCUT2D eigenvalue weighted by Gasteiger charge is 2.37. The van der Waals surface area contributed by atoms with Crippen molar-refractivity contribution < 1.29 is 39.6 Å². The molecular weight excluding hydrogens is 978 g/mol. The molecule has 8 nitrogen and oxygen atoms in total. The zero-order valence-electron chi connectivity index (χ0n) is 45.6. The molecule has 12 heteroatoms. The number of benzene rings is 8. The average Bonchev–Trinajstić information content (AvgIpc) is 4.18. The van der Waals surface area contributed by atoms with Crippen molar-refractivity contribution in [3.05, 3.63) is 223 Å². The first kappa shape index (κ1) is 47.4. The lowest BCUT2D eigenvalue weighted by Gasteiger charge is -2.25. The topological polar surface area (TPSA) is 93.1 Å². The molecule has 0 aliphatic rings. The summed E-state index contributed by atoms with van der Waals surface area (Å²) < 4.78 is 98.8. The maximum atomic E-state index is 10.7. The fourth-order valence-corrected chi connectivity index (χ4v) is 9.57. The molecule has 8 aromatic carbocycles.